The third kappa shape index (κ3) is 3.96. The van der Waals surface area contributed by atoms with Crippen molar-refractivity contribution < 1.29 is 4.79 Å². The number of hydrogen-bond donors (Lipinski definition) is 2. The summed E-state index contributed by atoms with van der Waals surface area (Å²) in [7, 11) is 0. The van der Waals surface area contributed by atoms with Gasteiger partial charge in [0.05, 0.1) is 0 Å². The third-order valence-corrected chi connectivity index (χ3v) is 4.48. The minimum atomic E-state index is -0.262. The maximum atomic E-state index is 11.7. The molecular formula is C15H21BrN2O. The lowest BCUT2D eigenvalue weighted by atomic mass is 9.79. The Labute approximate surface area is 123 Å². The van der Waals surface area contributed by atoms with Gasteiger partial charge in [0.1, 0.15) is 6.04 Å². The topological polar surface area (TPSA) is 55.1 Å². The van der Waals surface area contributed by atoms with Crippen LogP contribution in [0.3, 0.4) is 0 Å². The molecule has 1 atom stereocenters. The Bertz CT molecular complexity index is 442. The van der Waals surface area contributed by atoms with Crippen LogP contribution in [0, 0.1) is 11.8 Å². The fraction of sp³-hybridized carbons (Fsp3) is 0.533. The molecule has 3 N–H and O–H groups in total. The van der Waals surface area contributed by atoms with Crippen LogP contribution in [0.4, 0.5) is 5.69 Å². The highest BCUT2D eigenvalue weighted by molar-refractivity contribution is 9.10. The fourth-order valence-electron chi connectivity index (χ4n) is 2.80. The van der Waals surface area contributed by atoms with Gasteiger partial charge in [-0.3, -0.25) is 4.79 Å². The average Bonchev–Trinajstić information content (AvgIpc) is 2.37. The van der Waals surface area contributed by atoms with Gasteiger partial charge in [-0.05, 0) is 42.9 Å². The first-order valence-corrected chi connectivity index (χ1v) is 7.67. The second kappa shape index (κ2) is 6.42. The van der Waals surface area contributed by atoms with E-state index in [1.54, 1.807) is 0 Å². The molecule has 1 fully saturated rings. The van der Waals surface area contributed by atoms with Crippen LogP contribution in [0.2, 0.25) is 0 Å². The molecule has 0 heterocycles. The minimum absolute atomic E-state index is 0.250. The zero-order valence-corrected chi connectivity index (χ0v) is 12.8. The minimum Gasteiger partial charge on any atom is -0.373 e. The normalized spacial score (nSPS) is 24.7. The number of rotatable bonds is 4. The van der Waals surface area contributed by atoms with Crippen molar-refractivity contribution in [3.63, 3.8) is 0 Å². The fourth-order valence-corrected chi connectivity index (χ4v) is 3.20. The van der Waals surface area contributed by atoms with Crippen molar-refractivity contribution in [1.29, 1.82) is 0 Å². The van der Waals surface area contributed by atoms with Crippen LogP contribution in [-0.4, -0.2) is 11.9 Å². The van der Waals surface area contributed by atoms with Crippen LogP contribution < -0.4 is 11.1 Å². The number of anilines is 1. The zero-order chi connectivity index (χ0) is 13.8. The summed E-state index contributed by atoms with van der Waals surface area (Å²) in [5.41, 5.74) is 6.52. The van der Waals surface area contributed by atoms with Gasteiger partial charge in [0.25, 0.3) is 0 Å². The first-order chi connectivity index (χ1) is 9.06. The van der Waals surface area contributed by atoms with E-state index in [0.29, 0.717) is 5.92 Å². The predicted molar refractivity (Wildman–Crippen MR) is 81.9 cm³/mol. The Morgan fingerprint density at radius 2 is 2.05 bits per heavy atom. The first kappa shape index (κ1) is 14.4. The van der Waals surface area contributed by atoms with Gasteiger partial charge in [-0.1, -0.05) is 41.8 Å². The maximum Gasteiger partial charge on any atom is 0.240 e. The standard InChI is InChI=1S/C15H21BrN2O/c1-10-5-7-11(8-6-10)14(15(17)19)18-13-4-2-3-12(16)9-13/h2-4,9-11,14,18H,5-8H2,1H3,(H2,17,19). The first-order valence-electron chi connectivity index (χ1n) is 6.87. The van der Waals surface area contributed by atoms with Crippen molar-refractivity contribution in [2.75, 3.05) is 5.32 Å². The molecule has 0 spiro atoms. The molecule has 3 nitrogen and oxygen atoms in total. The molecule has 104 valence electrons. The van der Waals surface area contributed by atoms with Crippen molar-refractivity contribution >= 4 is 27.5 Å². The smallest absolute Gasteiger partial charge is 0.240 e. The molecule has 1 aromatic rings. The van der Waals surface area contributed by atoms with Gasteiger partial charge < -0.3 is 11.1 Å². The molecule has 1 aliphatic carbocycles. The molecule has 0 radical (unpaired) electrons. The van der Waals surface area contributed by atoms with Crippen LogP contribution in [0.15, 0.2) is 28.7 Å². The molecule has 1 aliphatic rings. The van der Waals surface area contributed by atoms with Crippen molar-refractivity contribution in [1.82, 2.24) is 0 Å². The lowest BCUT2D eigenvalue weighted by molar-refractivity contribution is -0.120. The summed E-state index contributed by atoms with van der Waals surface area (Å²) in [6, 6.07) is 7.59. The molecule has 0 aromatic heterocycles. The van der Waals surface area contributed by atoms with Gasteiger partial charge >= 0.3 is 0 Å². The Morgan fingerprint density at radius 1 is 1.37 bits per heavy atom. The van der Waals surface area contributed by atoms with Crippen LogP contribution in [0.25, 0.3) is 0 Å². The summed E-state index contributed by atoms with van der Waals surface area (Å²) in [5, 5.41) is 3.30. The molecule has 1 unspecified atom stereocenters. The SMILES string of the molecule is CC1CCC(C(Nc2cccc(Br)c2)C(N)=O)CC1. The van der Waals surface area contributed by atoms with Crippen molar-refractivity contribution in [2.24, 2.45) is 17.6 Å². The van der Waals surface area contributed by atoms with Crippen LogP contribution in [0.5, 0.6) is 0 Å². The predicted octanol–water partition coefficient (Wildman–Crippen LogP) is 3.54. The third-order valence-electron chi connectivity index (χ3n) is 3.99. The van der Waals surface area contributed by atoms with Gasteiger partial charge in [-0.2, -0.15) is 0 Å². The van der Waals surface area contributed by atoms with Gasteiger partial charge in [0.2, 0.25) is 5.91 Å². The number of benzene rings is 1. The molecule has 0 bridgehead atoms. The van der Waals surface area contributed by atoms with Crippen molar-refractivity contribution in [2.45, 2.75) is 38.6 Å². The molecular weight excluding hydrogens is 304 g/mol. The lowest BCUT2D eigenvalue weighted by Gasteiger charge is -2.32. The molecule has 1 aromatic carbocycles. The van der Waals surface area contributed by atoms with Crippen LogP contribution in [0.1, 0.15) is 32.6 Å². The highest BCUT2D eigenvalue weighted by Gasteiger charge is 2.29. The Kier molecular flexibility index (Phi) is 4.86. The number of carbonyl (C=O) groups is 1. The summed E-state index contributed by atoms with van der Waals surface area (Å²) in [5.74, 6) is 0.878. The second-order valence-electron chi connectivity index (χ2n) is 5.55. The highest BCUT2D eigenvalue weighted by Crippen LogP contribution is 2.31. The summed E-state index contributed by atoms with van der Waals surface area (Å²) in [4.78, 5) is 11.7. The van der Waals surface area contributed by atoms with Crippen molar-refractivity contribution in [3.8, 4) is 0 Å². The van der Waals surface area contributed by atoms with E-state index in [-0.39, 0.29) is 11.9 Å². The van der Waals surface area contributed by atoms with E-state index >= 15 is 0 Å². The number of amides is 1. The number of nitrogens with one attached hydrogen (secondary N) is 1. The van der Waals surface area contributed by atoms with Gasteiger partial charge in [-0.15, -0.1) is 0 Å². The van der Waals surface area contributed by atoms with Crippen LogP contribution in [-0.2, 0) is 4.79 Å². The largest absolute Gasteiger partial charge is 0.373 e. The number of carbonyl (C=O) groups excluding carboxylic acids is 1. The molecule has 19 heavy (non-hydrogen) atoms. The lowest BCUT2D eigenvalue weighted by Crippen LogP contribution is -2.42. The maximum absolute atomic E-state index is 11.7. The quantitative estimate of drug-likeness (QED) is 0.889. The van der Waals surface area contributed by atoms with E-state index in [1.165, 1.54) is 12.8 Å². The van der Waals surface area contributed by atoms with E-state index in [4.69, 9.17) is 5.73 Å². The number of hydrogen-bond acceptors (Lipinski definition) is 2. The monoisotopic (exact) mass is 324 g/mol. The summed E-state index contributed by atoms with van der Waals surface area (Å²) in [6.45, 7) is 2.28. The highest BCUT2D eigenvalue weighted by atomic mass is 79.9. The Balaban J connectivity index is 2.06. The summed E-state index contributed by atoms with van der Waals surface area (Å²) < 4.78 is 0.998. The van der Waals surface area contributed by atoms with Gasteiger partial charge in [0.15, 0.2) is 0 Å². The molecule has 1 saturated carbocycles. The second-order valence-corrected chi connectivity index (χ2v) is 6.47. The molecule has 4 heteroatoms. The van der Waals surface area contributed by atoms with Gasteiger partial charge in [0, 0.05) is 10.2 Å². The molecule has 1 amide bonds. The van der Waals surface area contributed by atoms with E-state index in [0.717, 1.165) is 28.9 Å². The summed E-state index contributed by atoms with van der Waals surface area (Å²) in [6.07, 6.45) is 4.54. The average molecular weight is 325 g/mol. The number of nitrogens with two attached hydrogens (primary N) is 1. The van der Waals surface area contributed by atoms with E-state index in [9.17, 15) is 4.79 Å². The van der Waals surface area contributed by atoms with Crippen LogP contribution >= 0.6 is 15.9 Å². The molecule has 2 rings (SSSR count). The molecule has 0 aliphatic heterocycles. The number of primary amides is 1. The Hall–Kier alpha value is -1.03. The Morgan fingerprint density at radius 3 is 2.63 bits per heavy atom. The van der Waals surface area contributed by atoms with E-state index in [1.807, 2.05) is 24.3 Å². The van der Waals surface area contributed by atoms with E-state index < -0.39 is 0 Å². The van der Waals surface area contributed by atoms with E-state index in [2.05, 4.69) is 28.2 Å². The summed E-state index contributed by atoms with van der Waals surface area (Å²) >= 11 is 3.44. The van der Waals surface area contributed by atoms with Crippen molar-refractivity contribution in [3.05, 3.63) is 28.7 Å². The molecule has 0 saturated heterocycles. The number of halogens is 1. The van der Waals surface area contributed by atoms with Gasteiger partial charge in [-0.25, -0.2) is 0 Å². The zero-order valence-electron chi connectivity index (χ0n) is 11.2.